The molecule has 1 fully saturated rings. The summed E-state index contributed by atoms with van der Waals surface area (Å²) < 4.78 is 0. The molecule has 4 heteroatoms. The highest BCUT2D eigenvalue weighted by atomic mass is 16.2. The molecule has 1 unspecified atom stereocenters. The average Bonchev–Trinajstić information content (AvgIpc) is 2.83. The Morgan fingerprint density at radius 3 is 2.07 bits per heavy atom. The smallest absolute Gasteiger partial charge is 0.254 e. The highest BCUT2D eigenvalue weighted by molar-refractivity contribution is 5.97. The Bertz CT molecular complexity index is 822. The van der Waals surface area contributed by atoms with E-state index in [1.807, 2.05) is 76.2 Å². The van der Waals surface area contributed by atoms with E-state index in [-0.39, 0.29) is 17.7 Å². The van der Waals surface area contributed by atoms with E-state index in [1.54, 1.807) is 24.0 Å². The maximum atomic E-state index is 12.9. The number of piperidine rings is 1. The normalized spacial score (nSPS) is 17.0. The van der Waals surface area contributed by atoms with E-state index in [9.17, 15) is 9.59 Å². The summed E-state index contributed by atoms with van der Waals surface area (Å²) >= 11 is 0. The lowest BCUT2D eigenvalue weighted by molar-refractivity contribution is -0.122. The predicted octanol–water partition coefficient (Wildman–Crippen LogP) is 5.62. The Balaban J connectivity index is 0.00000106. The van der Waals surface area contributed by atoms with E-state index >= 15 is 0 Å². The number of anilines is 1. The number of nitrogens with zero attached hydrogens (tertiary/aromatic N) is 1. The molecule has 0 aliphatic carbocycles. The second-order valence-corrected chi connectivity index (χ2v) is 6.31. The molecule has 3 rings (SSSR count). The topological polar surface area (TPSA) is 49.4 Å². The van der Waals surface area contributed by atoms with Crippen molar-refractivity contribution in [3.63, 3.8) is 0 Å². The Hall–Kier alpha value is -3.06. The Morgan fingerprint density at radius 1 is 0.933 bits per heavy atom. The molecule has 0 spiro atoms. The van der Waals surface area contributed by atoms with Crippen LogP contribution in [0.1, 0.15) is 57.8 Å². The van der Waals surface area contributed by atoms with Crippen molar-refractivity contribution < 1.29 is 9.59 Å². The number of likely N-dealkylation sites (tertiary alicyclic amines) is 1. The van der Waals surface area contributed by atoms with Gasteiger partial charge in [-0.2, -0.15) is 0 Å². The van der Waals surface area contributed by atoms with Gasteiger partial charge in [0, 0.05) is 17.8 Å². The molecule has 4 nitrogen and oxygen atoms in total. The van der Waals surface area contributed by atoms with E-state index in [0.29, 0.717) is 12.1 Å². The third kappa shape index (κ3) is 6.77. The number of para-hydroxylation sites is 1. The van der Waals surface area contributed by atoms with Crippen LogP contribution in [0.4, 0.5) is 5.69 Å². The summed E-state index contributed by atoms with van der Waals surface area (Å²) in [7, 11) is 0. The van der Waals surface area contributed by atoms with Crippen molar-refractivity contribution in [1.29, 1.82) is 0 Å². The van der Waals surface area contributed by atoms with Crippen LogP contribution < -0.4 is 5.32 Å². The molecule has 0 aromatic heterocycles. The molecule has 1 aliphatic heterocycles. The molecule has 1 heterocycles. The van der Waals surface area contributed by atoms with Crippen molar-refractivity contribution >= 4 is 17.5 Å². The number of benzene rings is 2. The molecule has 2 atom stereocenters. The number of nitrogens with one attached hydrogen (secondary N) is 1. The summed E-state index contributed by atoms with van der Waals surface area (Å²) in [6, 6.07) is 18.1. The number of hydrogen-bond donors (Lipinski definition) is 1. The van der Waals surface area contributed by atoms with Crippen LogP contribution in [0.25, 0.3) is 0 Å². The fourth-order valence-electron chi connectivity index (χ4n) is 3.33. The van der Waals surface area contributed by atoms with Crippen molar-refractivity contribution in [2.24, 2.45) is 5.92 Å². The van der Waals surface area contributed by atoms with Crippen LogP contribution in [0.5, 0.6) is 0 Å². The first-order chi connectivity index (χ1) is 14.7. The van der Waals surface area contributed by atoms with Crippen molar-refractivity contribution in [3.05, 3.63) is 66.2 Å². The maximum Gasteiger partial charge on any atom is 0.254 e. The van der Waals surface area contributed by atoms with Crippen LogP contribution in [-0.4, -0.2) is 29.3 Å². The molecular formula is C26H34N2O2. The summed E-state index contributed by atoms with van der Waals surface area (Å²) in [6.07, 6.45) is 1.50. The van der Waals surface area contributed by atoms with Crippen LogP contribution >= 0.6 is 0 Å². The van der Waals surface area contributed by atoms with Crippen molar-refractivity contribution in [3.8, 4) is 11.8 Å². The molecule has 2 aromatic rings. The van der Waals surface area contributed by atoms with Crippen LogP contribution in [0, 0.1) is 17.8 Å². The van der Waals surface area contributed by atoms with Crippen LogP contribution in [0.15, 0.2) is 60.7 Å². The number of amides is 2. The van der Waals surface area contributed by atoms with E-state index in [2.05, 4.69) is 17.2 Å². The SMILES string of the molecule is CC.CC.CC#C[C@H]1C(C(=O)Nc2ccccc2)CCCN1C(=O)c1ccccc1. The van der Waals surface area contributed by atoms with Gasteiger partial charge in [-0.3, -0.25) is 9.59 Å². The number of rotatable bonds is 3. The van der Waals surface area contributed by atoms with E-state index in [4.69, 9.17) is 0 Å². The predicted molar refractivity (Wildman–Crippen MR) is 125 cm³/mol. The average molecular weight is 407 g/mol. The van der Waals surface area contributed by atoms with E-state index in [0.717, 1.165) is 18.5 Å². The van der Waals surface area contributed by atoms with Gasteiger partial charge >= 0.3 is 0 Å². The maximum absolute atomic E-state index is 12.9. The molecule has 0 saturated carbocycles. The van der Waals surface area contributed by atoms with Gasteiger partial charge in [-0.05, 0) is 44.0 Å². The van der Waals surface area contributed by atoms with Crippen LogP contribution in [0.3, 0.4) is 0 Å². The molecule has 30 heavy (non-hydrogen) atoms. The lowest BCUT2D eigenvalue weighted by Crippen LogP contribution is -2.51. The molecule has 2 amide bonds. The Morgan fingerprint density at radius 2 is 1.50 bits per heavy atom. The highest BCUT2D eigenvalue weighted by Gasteiger charge is 2.37. The zero-order valence-corrected chi connectivity index (χ0v) is 18.8. The largest absolute Gasteiger partial charge is 0.326 e. The summed E-state index contributed by atoms with van der Waals surface area (Å²) in [4.78, 5) is 27.5. The van der Waals surface area contributed by atoms with Gasteiger partial charge in [0.15, 0.2) is 0 Å². The summed E-state index contributed by atoms with van der Waals surface area (Å²) in [6.45, 7) is 10.4. The second-order valence-electron chi connectivity index (χ2n) is 6.31. The van der Waals surface area contributed by atoms with Gasteiger partial charge in [0.05, 0.1) is 5.92 Å². The molecule has 2 aromatic carbocycles. The molecule has 1 aliphatic rings. The Labute approximate surface area is 181 Å². The van der Waals surface area contributed by atoms with Gasteiger partial charge < -0.3 is 10.2 Å². The summed E-state index contributed by atoms with van der Waals surface area (Å²) in [5.41, 5.74) is 1.38. The minimum atomic E-state index is -0.412. The second kappa shape index (κ2) is 14.0. The fraction of sp³-hybridized carbons (Fsp3) is 0.385. The minimum absolute atomic E-state index is 0.0736. The van der Waals surface area contributed by atoms with Gasteiger partial charge in [-0.15, -0.1) is 5.92 Å². The monoisotopic (exact) mass is 406 g/mol. The van der Waals surface area contributed by atoms with Crippen LogP contribution in [0.2, 0.25) is 0 Å². The molecule has 160 valence electrons. The third-order valence-electron chi connectivity index (χ3n) is 4.58. The van der Waals surface area contributed by atoms with E-state index in [1.165, 1.54) is 0 Å². The molecule has 0 bridgehead atoms. The fourth-order valence-corrected chi connectivity index (χ4v) is 3.33. The summed E-state index contributed by atoms with van der Waals surface area (Å²) in [5.74, 6) is 5.49. The van der Waals surface area contributed by atoms with Gasteiger partial charge in [-0.25, -0.2) is 0 Å². The van der Waals surface area contributed by atoms with Gasteiger partial charge in [-0.1, -0.05) is 70.0 Å². The van der Waals surface area contributed by atoms with Crippen LogP contribution in [-0.2, 0) is 4.79 Å². The molecule has 0 radical (unpaired) electrons. The van der Waals surface area contributed by atoms with E-state index < -0.39 is 6.04 Å². The Kier molecular flexibility index (Phi) is 11.7. The van der Waals surface area contributed by atoms with Crippen molar-refractivity contribution in [2.45, 2.75) is 53.5 Å². The first-order valence-electron chi connectivity index (χ1n) is 10.8. The quantitative estimate of drug-likeness (QED) is 0.672. The number of carbonyl (C=O) groups is 2. The first-order valence-corrected chi connectivity index (χ1v) is 10.8. The number of hydrogen-bond acceptors (Lipinski definition) is 2. The lowest BCUT2D eigenvalue weighted by atomic mass is 9.87. The molecule has 1 N–H and O–H groups in total. The minimum Gasteiger partial charge on any atom is -0.326 e. The van der Waals surface area contributed by atoms with Gasteiger partial charge in [0.2, 0.25) is 5.91 Å². The van der Waals surface area contributed by atoms with Crippen molar-refractivity contribution in [1.82, 2.24) is 4.90 Å². The standard InChI is InChI=1S/C22H22N2O2.2C2H6/c1-2-10-20-19(21(25)23-18-13-7-4-8-14-18)15-9-16-24(20)22(26)17-11-5-3-6-12-17;2*1-2/h3-8,11-14,19-20H,9,15-16H2,1H3,(H,23,25);2*1-2H3/t19?,20-;;/m0../s1. The summed E-state index contributed by atoms with van der Waals surface area (Å²) in [5, 5.41) is 2.95. The molecular weight excluding hydrogens is 372 g/mol. The third-order valence-corrected chi connectivity index (χ3v) is 4.58. The zero-order chi connectivity index (χ0) is 22.4. The first kappa shape index (κ1) is 25.0. The zero-order valence-electron chi connectivity index (χ0n) is 18.8. The lowest BCUT2D eigenvalue weighted by Gasteiger charge is -2.37. The van der Waals surface area contributed by atoms with Gasteiger partial charge in [0.25, 0.3) is 5.91 Å². The van der Waals surface area contributed by atoms with Gasteiger partial charge in [0.1, 0.15) is 6.04 Å². The number of carbonyl (C=O) groups excluding carboxylic acids is 2. The van der Waals surface area contributed by atoms with Crippen molar-refractivity contribution in [2.75, 3.05) is 11.9 Å². The highest BCUT2D eigenvalue weighted by Crippen LogP contribution is 2.26. The molecule has 1 saturated heterocycles.